The van der Waals surface area contributed by atoms with E-state index in [0.717, 1.165) is 6.42 Å². The van der Waals surface area contributed by atoms with E-state index in [9.17, 15) is 18.5 Å². The molecule has 1 saturated heterocycles. The highest BCUT2D eigenvalue weighted by molar-refractivity contribution is 7.89. The lowest BCUT2D eigenvalue weighted by Gasteiger charge is -2.07. The largest absolute Gasteiger partial charge is 0.269 e. The van der Waals surface area contributed by atoms with Crippen LogP contribution in [-0.4, -0.2) is 30.2 Å². The maximum atomic E-state index is 12.2. The molecule has 0 aromatic heterocycles. The molecule has 7 heteroatoms. The summed E-state index contributed by atoms with van der Waals surface area (Å²) in [4.78, 5) is 10.1. The van der Waals surface area contributed by atoms with E-state index in [1.165, 1.54) is 28.6 Å². The molecule has 1 unspecified atom stereocenters. The van der Waals surface area contributed by atoms with Crippen LogP contribution in [0.3, 0.4) is 0 Å². The fourth-order valence-electron chi connectivity index (χ4n) is 2.07. The zero-order valence-electron chi connectivity index (χ0n) is 10.8. The summed E-state index contributed by atoms with van der Waals surface area (Å²) in [5.74, 6) is 0.446. The van der Waals surface area contributed by atoms with Gasteiger partial charge in [0.05, 0.1) is 9.82 Å². The first-order valence-corrected chi connectivity index (χ1v) is 7.52. The molecule has 1 aromatic carbocycles. The van der Waals surface area contributed by atoms with E-state index >= 15 is 0 Å². The van der Waals surface area contributed by atoms with Crippen molar-refractivity contribution < 1.29 is 13.3 Å². The van der Waals surface area contributed by atoms with Gasteiger partial charge in [-0.25, -0.2) is 8.42 Å². The average Bonchev–Trinajstić information content (AvgIpc) is 3.08. The van der Waals surface area contributed by atoms with Crippen molar-refractivity contribution in [2.75, 3.05) is 6.54 Å². The molecular weight excluding hydrogens is 268 g/mol. The van der Waals surface area contributed by atoms with Gasteiger partial charge in [-0.05, 0) is 24.5 Å². The summed E-state index contributed by atoms with van der Waals surface area (Å²) in [5, 5.41) is 10.5. The second-order valence-corrected chi connectivity index (χ2v) is 7.00. The van der Waals surface area contributed by atoms with E-state index in [1.54, 1.807) is 0 Å². The molecule has 0 amide bonds. The fourth-order valence-corrected chi connectivity index (χ4v) is 3.66. The average molecular weight is 284 g/mol. The maximum absolute atomic E-state index is 12.2. The van der Waals surface area contributed by atoms with Gasteiger partial charge in [-0.2, -0.15) is 4.31 Å². The van der Waals surface area contributed by atoms with Crippen molar-refractivity contribution in [1.82, 2.24) is 4.31 Å². The van der Waals surface area contributed by atoms with E-state index in [0.29, 0.717) is 12.5 Å². The first-order chi connectivity index (χ1) is 8.82. The van der Waals surface area contributed by atoms with Crippen LogP contribution < -0.4 is 0 Å². The number of non-ortho nitro benzene ring substituents is 1. The van der Waals surface area contributed by atoms with Crippen LogP contribution in [-0.2, 0) is 10.0 Å². The van der Waals surface area contributed by atoms with Crippen molar-refractivity contribution in [3.63, 3.8) is 0 Å². The van der Waals surface area contributed by atoms with Gasteiger partial charge in [0.1, 0.15) is 0 Å². The smallest absolute Gasteiger partial charge is 0.258 e. The molecule has 1 aromatic rings. The predicted octanol–water partition coefficient (Wildman–Crippen LogP) is 2.01. The van der Waals surface area contributed by atoms with Crippen LogP contribution >= 0.6 is 0 Å². The summed E-state index contributed by atoms with van der Waals surface area (Å²) in [5.41, 5.74) is -0.108. The fraction of sp³-hybridized carbons (Fsp3) is 0.500. The molecule has 2 rings (SSSR count). The number of benzene rings is 1. The molecule has 1 aliphatic rings. The normalized spacial score (nSPS) is 22.5. The van der Waals surface area contributed by atoms with Crippen molar-refractivity contribution in [3.05, 3.63) is 34.4 Å². The Morgan fingerprint density at radius 1 is 1.37 bits per heavy atom. The molecule has 1 fully saturated rings. The molecule has 6 nitrogen and oxygen atoms in total. The Morgan fingerprint density at radius 2 is 1.95 bits per heavy atom. The summed E-state index contributed by atoms with van der Waals surface area (Å²) in [7, 11) is -3.49. The van der Waals surface area contributed by atoms with Crippen molar-refractivity contribution in [1.29, 1.82) is 0 Å². The number of hydrogen-bond acceptors (Lipinski definition) is 4. The number of sulfonamides is 1. The first-order valence-electron chi connectivity index (χ1n) is 6.08. The van der Waals surface area contributed by atoms with Crippen LogP contribution in [0, 0.1) is 16.0 Å². The molecule has 0 bridgehead atoms. The molecule has 0 saturated carbocycles. The van der Waals surface area contributed by atoms with Crippen LogP contribution in [0.15, 0.2) is 29.2 Å². The van der Waals surface area contributed by atoms with Gasteiger partial charge in [-0.1, -0.05) is 13.8 Å². The molecular formula is C12H16N2O4S. The van der Waals surface area contributed by atoms with Gasteiger partial charge in [0, 0.05) is 24.7 Å². The number of hydrogen-bond donors (Lipinski definition) is 0. The van der Waals surface area contributed by atoms with Crippen LogP contribution in [0.2, 0.25) is 0 Å². The quantitative estimate of drug-likeness (QED) is 0.470. The highest BCUT2D eigenvalue weighted by Gasteiger charge is 2.44. The lowest BCUT2D eigenvalue weighted by atomic mass is 10.1. The van der Waals surface area contributed by atoms with Crippen molar-refractivity contribution in [2.24, 2.45) is 5.92 Å². The minimum Gasteiger partial charge on any atom is -0.258 e. The Morgan fingerprint density at radius 3 is 2.42 bits per heavy atom. The van der Waals surface area contributed by atoms with Gasteiger partial charge in [0.15, 0.2) is 0 Å². The second-order valence-electron chi connectivity index (χ2n) is 5.11. The SMILES string of the molecule is CC(C)C[C@@H]1CN1S(=O)(=O)c1ccc([N+](=O)[O-])cc1. The Bertz CT molecular complexity index is 580. The molecule has 1 aliphatic heterocycles. The van der Waals surface area contributed by atoms with E-state index < -0.39 is 14.9 Å². The van der Waals surface area contributed by atoms with Gasteiger partial charge in [0.2, 0.25) is 10.0 Å². The number of nitro benzene ring substituents is 1. The molecule has 104 valence electrons. The van der Waals surface area contributed by atoms with E-state index in [-0.39, 0.29) is 16.6 Å². The monoisotopic (exact) mass is 284 g/mol. The summed E-state index contributed by atoms with van der Waals surface area (Å²) >= 11 is 0. The summed E-state index contributed by atoms with van der Waals surface area (Å²) < 4.78 is 25.9. The van der Waals surface area contributed by atoms with Gasteiger partial charge < -0.3 is 0 Å². The minimum absolute atomic E-state index is 0.0696. The third-order valence-corrected chi connectivity index (χ3v) is 4.99. The molecule has 2 atom stereocenters. The Balaban J connectivity index is 2.15. The van der Waals surface area contributed by atoms with Crippen LogP contribution in [0.4, 0.5) is 5.69 Å². The van der Waals surface area contributed by atoms with Gasteiger partial charge in [-0.3, -0.25) is 10.1 Å². The van der Waals surface area contributed by atoms with E-state index in [2.05, 4.69) is 13.8 Å². The lowest BCUT2D eigenvalue weighted by molar-refractivity contribution is -0.384. The predicted molar refractivity (Wildman–Crippen MR) is 70.2 cm³/mol. The van der Waals surface area contributed by atoms with Crippen LogP contribution in [0.5, 0.6) is 0 Å². The molecule has 0 radical (unpaired) electrons. The molecule has 19 heavy (non-hydrogen) atoms. The topological polar surface area (TPSA) is 80.3 Å². The minimum atomic E-state index is -3.49. The Kier molecular flexibility index (Phi) is 3.60. The number of nitrogens with zero attached hydrogens (tertiary/aromatic N) is 2. The summed E-state index contributed by atoms with van der Waals surface area (Å²) in [6, 6.07) is 5.08. The summed E-state index contributed by atoms with van der Waals surface area (Å²) in [6.45, 7) is 4.64. The van der Waals surface area contributed by atoms with E-state index in [1.807, 2.05) is 0 Å². The molecule has 0 aliphatic carbocycles. The lowest BCUT2D eigenvalue weighted by Crippen LogP contribution is -2.15. The third-order valence-electron chi connectivity index (χ3n) is 3.06. The zero-order chi connectivity index (χ0) is 14.2. The molecule has 0 N–H and O–H groups in total. The van der Waals surface area contributed by atoms with Crippen LogP contribution in [0.1, 0.15) is 20.3 Å². The standard InChI is InChI=1S/C12H16N2O4S/c1-9(2)7-11-8-13(11)19(17,18)12-5-3-10(4-6-12)14(15)16/h3-6,9,11H,7-8H2,1-2H3/t11-,13?/m1/s1. The maximum Gasteiger partial charge on any atom is 0.269 e. The van der Waals surface area contributed by atoms with Gasteiger partial charge in [0.25, 0.3) is 5.69 Å². The van der Waals surface area contributed by atoms with Gasteiger partial charge >= 0.3 is 0 Å². The van der Waals surface area contributed by atoms with Gasteiger partial charge in [-0.15, -0.1) is 0 Å². The summed E-state index contributed by atoms with van der Waals surface area (Å²) in [6.07, 6.45) is 0.839. The zero-order valence-corrected chi connectivity index (χ0v) is 11.6. The third kappa shape index (κ3) is 2.93. The van der Waals surface area contributed by atoms with Crippen molar-refractivity contribution in [2.45, 2.75) is 31.2 Å². The van der Waals surface area contributed by atoms with E-state index in [4.69, 9.17) is 0 Å². The highest BCUT2D eigenvalue weighted by atomic mass is 32.2. The second kappa shape index (κ2) is 4.90. The highest BCUT2D eigenvalue weighted by Crippen LogP contribution is 2.32. The van der Waals surface area contributed by atoms with Crippen molar-refractivity contribution in [3.8, 4) is 0 Å². The number of nitro groups is 1. The Labute approximate surface area is 112 Å². The van der Waals surface area contributed by atoms with Crippen LogP contribution in [0.25, 0.3) is 0 Å². The Hall–Kier alpha value is -1.47. The number of rotatable bonds is 5. The molecule has 0 spiro atoms. The molecule has 1 heterocycles. The van der Waals surface area contributed by atoms with Crippen molar-refractivity contribution >= 4 is 15.7 Å². The first kappa shape index (κ1) is 14.0.